The van der Waals surface area contributed by atoms with Crippen molar-refractivity contribution < 1.29 is 14.6 Å². The number of fused-ring (bicyclic) bond motifs is 3. The van der Waals surface area contributed by atoms with Crippen LogP contribution < -0.4 is 0 Å². The predicted octanol–water partition coefficient (Wildman–Crippen LogP) is 3.93. The van der Waals surface area contributed by atoms with Gasteiger partial charge in [-0.05, 0) is 67.5 Å². The molecule has 1 aliphatic carbocycles. The summed E-state index contributed by atoms with van der Waals surface area (Å²) < 4.78 is 13.5. The molecule has 1 aliphatic heterocycles. The lowest BCUT2D eigenvalue weighted by molar-refractivity contribution is 0.104. The van der Waals surface area contributed by atoms with Crippen LogP contribution in [0.15, 0.2) is 36.4 Å². The van der Waals surface area contributed by atoms with Gasteiger partial charge in [-0.3, -0.25) is 4.90 Å². The van der Waals surface area contributed by atoms with E-state index < -0.39 is 0 Å². The quantitative estimate of drug-likeness (QED) is 0.821. The molecule has 0 saturated carbocycles. The largest absolute Gasteiger partial charge is 0.504 e. The molecule has 0 spiro atoms. The van der Waals surface area contributed by atoms with E-state index >= 15 is 0 Å². The molecule has 0 amide bonds. The van der Waals surface area contributed by atoms with Gasteiger partial charge in [0.05, 0.1) is 0 Å². The number of hydrogen-bond donors (Lipinski definition) is 2. The summed E-state index contributed by atoms with van der Waals surface area (Å²) >= 11 is 0. The lowest BCUT2D eigenvalue weighted by Gasteiger charge is -2.45. The second-order valence-corrected chi connectivity index (χ2v) is 6.96. The highest BCUT2D eigenvalue weighted by Crippen LogP contribution is 2.45. The van der Waals surface area contributed by atoms with Gasteiger partial charge in [-0.25, -0.2) is 4.39 Å². The van der Waals surface area contributed by atoms with Crippen LogP contribution in [0.3, 0.4) is 0 Å². The van der Waals surface area contributed by atoms with Crippen LogP contribution >= 0.6 is 0 Å². The highest BCUT2D eigenvalue weighted by atomic mass is 19.1. The third-order valence-corrected chi connectivity index (χ3v) is 5.56. The van der Waals surface area contributed by atoms with Gasteiger partial charge in [0.1, 0.15) is 5.82 Å². The molecule has 2 aromatic carbocycles. The smallest absolute Gasteiger partial charge is 0.160 e. The maximum absolute atomic E-state index is 13.5. The first-order valence-electron chi connectivity index (χ1n) is 8.65. The second kappa shape index (κ2) is 6.10. The standard InChI is InChI=1S/C20H22FNO2/c21-14-4-1-3-13(11-14)12-22-10-2-5-16-15-7-9-19(23)20(24)17(15)6-8-18(16)22/h1,3-4,7,9,11,16,18,23-24H,2,5-6,8,10,12H2/t16-,18-/m1/s1. The van der Waals surface area contributed by atoms with Crippen molar-refractivity contribution in [2.24, 2.45) is 0 Å². The molecular weight excluding hydrogens is 305 g/mol. The van der Waals surface area contributed by atoms with E-state index in [9.17, 15) is 14.6 Å². The van der Waals surface area contributed by atoms with Crippen molar-refractivity contribution in [3.8, 4) is 11.5 Å². The third kappa shape index (κ3) is 2.65. The monoisotopic (exact) mass is 327 g/mol. The SMILES string of the molecule is Oc1ccc2c(c1O)CC[C@@H]1[C@@H]2CCCN1Cc1cccc(F)c1. The Bertz CT molecular complexity index is 761. The molecule has 126 valence electrons. The van der Waals surface area contributed by atoms with Crippen molar-refractivity contribution in [1.29, 1.82) is 0 Å². The molecule has 4 heteroatoms. The summed E-state index contributed by atoms with van der Waals surface area (Å²) in [5, 5.41) is 19.9. The molecule has 1 saturated heterocycles. The lowest BCUT2D eigenvalue weighted by Crippen LogP contribution is -2.45. The van der Waals surface area contributed by atoms with Crippen LogP contribution in [0, 0.1) is 5.82 Å². The van der Waals surface area contributed by atoms with Gasteiger partial charge < -0.3 is 10.2 Å². The Balaban J connectivity index is 1.61. The second-order valence-electron chi connectivity index (χ2n) is 6.96. The van der Waals surface area contributed by atoms with E-state index in [1.807, 2.05) is 12.1 Å². The van der Waals surface area contributed by atoms with Crippen LogP contribution in [-0.2, 0) is 13.0 Å². The minimum atomic E-state index is -0.185. The van der Waals surface area contributed by atoms with Crippen molar-refractivity contribution in [1.82, 2.24) is 4.90 Å². The zero-order chi connectivity index (χ0) is 16.7. The van der Waals surface area contributed by atoms with Crippen molar-refractivity contribution in [2.45, 2.75) is 44.2 Å². The summed E-state index contributed by atoms with van der Waals surface area (Å²) in [6, 6.07) is 10.8. The Hall–Kier alpha value is -2.07. The number of phenols is 2. The Labute approximate surface area is 141 Å². The fourth-order valence-corrected chi connectivity index (χ4v) is 4.48. The molecule has 1 fully saturated rings. The number of likely N-dealkylation sites (tertiary alicyclic amines) is 1. The van der Waals surface area contributed by atoms with Crippen molar-refractivity contribution >= 4 is 0 Å². The molecule has 0 radical (unpaired) electrons. The molecule has 2 N–H and O–H groups in total. The minimum absolute atomic E-state index is 0.0281. The maximum Gasteiger partial charge on any atom is 0.160 e. The van der Waals surface area contributed by atoms with E-state index in [4.69, 9.17) is 0 Å². The number of halogens is 1. The molecule has 24 heavy (non-hydrogen) atoms. The number of benzene rings is 2. The molecule has 2 aliphatic rings. The number of rotatable bonds is 2. The van der Waals surface area contributed by atoms with E-state index in [1.165, 1.54) is 11.6 Å². The van der Waals surface area contributed by atoms with Crippen LogP contribution in [0.4, 0.5) is 4.39 Å². The zero-order valence-electron chi connectivity index (χ0n) is 13.6. The number of nitrogens with zero attached hydrogens (tertiary/aromatic N) is 1. The molecular formula is C20H22FNO2. The molecule has 1 heterocycles. The zero-order valence-corrected chi connectivity index (χ0v) is 13.6. The Morgan fingerprint density at radius 2 is 2.00 bits per heavy atom. The van der Waals surface area contributed by atoms with Crippen LogP contribution in [0.1, 0.15) is 41.9 Å². The third-order valence-electron chi connectivity index (χ3n) is 5.56. The normalized spacial score (nSPS) is 23.5. The highest BCUT2D eigenvalue weighted by molar-refractivity contribution is 5.51. The lowest BCUT2D eigenvalue weighted by atomic mass is 9.74. The summed E-state index contributed by atoms with van der Waals surface area (Å²) in [6.45, 7) is 1.79. The van der Waals surface area contributed by atoms with Gasteiger partial charge in [0.25, 0.3) is 0 Å². The fraction of sp³-hybridized carbons (Fsp3) is 0.400. The molecule has 0 aromatic heterocycles. The molecule has 3 nitrogen and oxygen atoms in total. The van der Waals surface area contributed by atoms with E-state index in [0.717, 1.165) is 49.9 Å². The first-order valence-corrected chi connectivity index (χ1v) is 8.65. The van der Waals surface area contributed by atoms with Crippen LogP contribution in [-0.4, -0.2) is 27.7 Å². The minimum Gasteiger partial charge on any atom is -0.504 e. The Morgan fingerprint density at radius 3 is 2.83 bits per heavy atom. The van der Waals surface area contributed by atoms with E-state index in [0.29, 0.717) is 12.0 Å². The fourth-order valence-electron chi connectivity index (χ4n) is 4.48. The van der Waals surface area contributed by atoms with Crippen LogP contribution in [0.25, 0.3) is 0 Å². The van der Waals surface area contributed by atoms with Crippen molar-refractivity contribution in [2.75, 3.05) is 6.54 Å². The first kappa shape index (κ1) is 15.5. The molecule has 2 atom stereocenters. The van der Waals surface area contributed by atoms with Gasteiger partial charge in [-0.15, -0.1) is 0 Å². The van der Waals surface area contributed by atoms with Gasteiger partial charge in [0.15, 0.2) is 11.5 Å². The van der Waals surface area contributed by atoms with Crippen molar-refractivity contribution in [3.05, 3.63) is 58.9 Å². The van der Waals surface area contributed by atoms with Crippen LogP contribution in [0.2, 0.25) is 0 Å². The first-order chi connectivity index (χ1) is 11.6. The molecule has 2 aromatic rings. The summed E-state index contributed by atoms with van der Waals surface area (Å²) in [4.78, 5) is 2.45. The number of hydrogen-bond acceptors (Lipinski definition) is 3. The van der Waals surface area contributed by atoms with E-state index in [1.54, 1.807) is 18.2 Å². The summed E-state index contributed by atoms with van der Waals surface area (Å²) in [5.41, 5.74) is 3.09. The molecule has 4 rings (SSSR count). The number of phenolic OH excluding ortho intramolecular Hbond substituents is 2. The molecule has 0 bridgehead atoms. The number of aromatic hydroxyl groups is 2. The topological polar surface area (TPSA) is 43.7 Å². The van der Waals surface area contributed by atoms with Gasteiger partial charge >= 0.3 is 0 Å². The van der Waals surface area contributed by atoms with Gasteiger partial charge in [-0.2, -0.15) is 0 Å². The van der Waals surface area contributed by atoms with E-state index in [2.05, 4.69) is 4.90 Å². The number of piperidine rings is 1. The van der Waals surface area contributed by atoms with Gasteiger partial charge in [0.2, 0.25) is 0 Å². The van der Waals surface area contributed by atoms with E-state index in [-0.39, 0.29) is 17.3 Å². The van der Waals surface area contributed by atoms with Gasteiger partial charge in [-0.1, -0.05) is 18.2 Å². The summed E-state index contributed by atoms with van der Waals surface area (Å²) in [5.74, 6) is 0.214. The average molecular weight is 327 g/mol. The van der Waals surface area contributed by atoms with Crippen LogP contribution in [0.5, 0.6) is 11.5 Å². The Kier molecular flexibility index (Phi) is 3.93. The summed E-state index contributed by atoms with van der Waals surface area (Å²) in [7, 11) is 0. The van der Waals surface area contributed by atoms with Gasteiger partial charge in [0, 0.05) is 18.2 Å². The highest BCUT2D eigenvalue weighted by Gasteiger charge is 2.37. The maximum atomic E-state index is 13.5. The summed E-state index contributed by atoms with van der Waals surface area (Å²) in [6.07, 6.45) is 3.93. The Morgan fingerprint density at radius 1 is 1.12 bits per heavy atom. The molecule has 0 unspecified atom stereocenters. The van der Waals surface area contributed by atoms with Crippen molar-refractivity contribution in [3.63, 3.8) is 0 Å². The average Bonchev–Trinajstić information content (AvgIpc) is 2.58. The predicted molar refractivity (Wildman–Crippen MR) is 90.7 cm³/mol.